The van der Waals surface area contributed by atoms with Crippen molar-refractivity contribution in [1.29, 1.82) is 0 Å². The largest absolute Gasteiger partial charge is 0.385 e. The van der Waals surface area contributed by atoms with E-state index >= 15 is 0 Å². The maximum atomic E-state index is 13.6. The van der Waals surface area contributed by atoms with Crippen LogP contribution in [0.3, 0.4) is 0 Å². The summed E-state index contributed by atoms with van der Waals surface area (Å²) in [7, 11) is 1.74. The molecule has 0 saturated heterocycles. The van der Waals surface area contributed by atoms with E-state index in [0.717, 1.165) is 0 Å². The van der Waals surface area contributed by atoms with Gasteiger partial charge in [0.2, 0.25) is 0 Å². The van der Waals surface area contributed by atoms with Gasteiger partial charge in [-0.1, -0.05) is 18.2 Å². The Bertz CT molecular complexity index is 522. The van der Waals surface area contributed by atoms with Gasteiger partial charge in [0.1, 0.15) is 18.0 Å². The smallest absolute Gasteiger partial charge is 0.138 e. The number of aromatic nitrogens is 3. The van der Waals surface area contributed by atoms with Crippen LogP contribution in [0.15, 0.2) is 30.6 Å². The third kappa shape index (κ3) is 2.34. The highest BCUT2D eigenvalue weighted by Crippen LogP contribution is 2.26. The van der Waals surface area contributed by atoms with Crippen molar-refractivity contribution in [2.45, 2.75) is 18.9 Å². The van der Waals surface area contributed by atoms with E-state index < -0.39 is 11.4 Å². The van der Waals surface area contributed by atoms with Crippen molar-refractivity contribution in [2.24, 2.45) is 7.05 Å². The summed E-state index contributed by atoms with van der Waals surface area (Å²) in [6, 6.07) is 6.20. The Morgan fingerprint density at radius 3 is 2.71 bits per heavy atom. The number of benzene rings is 1. The number of aliphatic hydroxyl groups is 1. The lowest BCUT2D eigenvalue weighted by Crippen LogP contribution is -2.27. The minimum Gasteiger partial charge on any atom is -0.385 e. The molecule has 2 aromatic rings. The van der Waals surface area contributed by atoms with E-state index in [1.165, 1.54) is 12.4 Å². The second-order valence-electron chi connectivity index (χ2n) is 4.23. The second-order valence-corrected chi connectivity index (χ2v) is 4.23. The van der Waals surface area contributed by atoms with E-state index in [0.29, 0.717) is 5.82 Å². The Hall–Kier alpha value is -1.75. The van der Waals surface area contributed by atoms with E-state index in [1.54, 1.807) is 36.9 Å². The lowest BCUT2D eigenvalue weighted by Gasteiger charge is -2.23. The summed E-state index contributed by atoms with van der Waals surface area (Å²) in [6.07, 6.45) is 1.62. The molecule has 2 rings (SSSR count). The average molecular weight is 235 g/mol. The van der Waals surface area contributed by atoms with Gasteiger partial charge < -0.3 is 5.11 Å². The molecule has 1 aromatic carbocycles. The lowest BCUT2D eigenvalue weighted by molar-refractivity contribution is 0.0507. The highest BCUT2D eigenvalue weighted by Gasteiger charge is 2.28. The van der Waals surface area contributed by atoms with Crippen molar-refractivity contribution in [2.75, 3.05) is 0 Å². The van der Waals surface area contributed by atoms with Gasteiger partial charge in [-0.15, -0.1) is 0 Å². The summed E-state index contributed by atoms with van der Waals surface area (Å²) < 4.78 is 15.2. The van der Waals surface area contributed by atoms with Gasteiger partial charge in [0.05, 0.1) is 5.60 Å². The Morgan fingerprint density at radius 1 is 1.41 bits per heavy atom. The molecule has 0 aliphatic heterocycles. The summed E-state index contributed by atoms with van der Waals surface area (Å²) in [4.78, 5) is 4.03. The quantitative estimate of drug-likeness (QED) is 0.875. The molecule has 1 heterocycles. The average Bonchev–Trinajstić information content (AvgIpc) is 2.64. The third-order valence-electron chi connectivity index (χ3n) is 2.76. The zero-order valence-corrected chi connectivity index (χ0v) is 9.76. The van der Waals surface area contributed by atoms with Crippen LogP contribution in [0.4, 0.5) is 4.39 Å². The lowest BCUT2D eigenvalue weighted by atomic mass is 9.92. The van der Waals surface area contributed by atoms with Crippen LogP contribution in [0.25, 0.3) is 0 Å². The standard InChI is InChI=1S/C12H14FN3O/c1-12(17,7-11-14-8-15-16(11)2)9-5-3-4-6-10(9)13/h3-6,8,17H,7H2,1-2H3. The third-order valence-corrected chi connectivity index (χ3v) is 2.76. The zero-order valence-electron chi connectivity index (χ0n) is 9.76. The predicted octanol–water partition coefficient (Wildman–Crippen LogP) is 1.40. The molecule has 0 radical (unpaired) electrons. The van der Waals surface area contributed by atoms with Crippen LogP contribution in [0.5, 0.6) is 0 Å². The second kappa shape index (κ2) is 4.25. The minimum absolute atomic E-state index is 0.213. The summed E-state index contributed by atoms with van der Waals surface area (Å²) in [6.45, 7) is 1.57. The number of rotatable bonds is 3. The number of nitrogens with zero attached hydrogens (tertiary/aromatic N) is 3. The Kier molecular flexibility index (Phi) is 2.93. The van der Waals surface area contributed by atoms with Gasteiger partial charge in [0.15, 0.2) is 0 Å². The zero-order chi connectivity index (χ0) is 12.5. The van der Waals surface area contributed by atoms with Crippen molar-refractivity contribution in [3.63, 3.8) is 0 Å². The molecule has 0 aliphatic rings. The minimum atomic E-state index is -1.30. The Balaban J connectivity index is 2.31. The SMILES string of the molecule is Cn1ncnc1CC(C)(O)c1ccccc1F. The molecule has 17 heavy (non-hydrogen) atoms. The van der Waals surface area contributed by atoms with Gasteiger partial charge in [0.25, 0.3) is 0 Å². The molecule has 0 bridgehead atoms. The van der Waals surface area contributed by atoms with E-state index in [9.17, 15) is 9.50 Å². The molecule has 90 valence electrons. The molecule has 1 unspecified atom stereocenters. The van der Waals surface area contributed by atoms with Gasteiger partial charge in [-0.05, 0) is 13.0 Å². The van der Waals surface area contributed by atoms with Crippen molar-refractivity contribution in [3.8, 4) is 0 Å². The van der Waals surface area contributed by atoms with Crippen LogP contribution in [0.1, 0.15) is 18.3 Å². The van der Waals surface area contributed by atoms with Crippen LogP contribution in [-0.2, 0) is 19.1 Å². The van der Waals surface area contributed by atoms with E-state index in [-0.39, 0.29) is 12.0 Å². The first-order valence-corrected chi connectivity index (χ1v) is 5.31. The molecule has 5 heteroatoms. The van der Waals surface area contributed by atoms with Gasteiger partial charge in [0, 0.05) is 19.0 Å². The van der Waals surface area contributed by atoms with Gasteiger partial charge in [-0.2, -0.15) is 5.10 Å². The topological polar surface area (TPSA) is 50.9 Å². The molecule has 0 saturated carbocycles. The molecule has 4 nitrogen and oxygen atoms in total. The van der Waals surface area contributed by atoms with E-state index in [4.69, 9.17) is 0 Å². The summed E-state index contributed by atoms with van der Waals surface area (Å²) in [5, 5.41) is 14.3. The van der Waals surface area contributed by atoms with Crippen molar-refractivity contribution >= 4 is 0 Å². The van der Waals surface area contributed by atoms with E-state index in [2.05, 4.69) is 10.1 Å². The van der Waals surface area contributed by atoms with E-state index in [1.807, 2.05) is 0 Å². The number of aryl methyl sites for hydroxylation is 1. The normalized spacial score (nSPS) is 14.6. The molecule has 0 aliphatic carbocycles. The van der Waals surface area contributed by atoms with Gasteiger partial charge >= 0.3 is 0 Å². The van der Waals surface area contributed by atoms with Gasteiger partial charge in [-0.3, -0.25) is 4.68 Å². The number of hydrogen-bond donors (Lipinski definition) is 1. The first kappa shape index (κ1) is 11.7. The van der Waals surface area contributed by atoms with Crippen LogP contribution in [-0.4, -0.2) is 19.9 Å². The Labute approximate surface area is 98.7 Å². The molecule has 1 aromatic heterocycles. The molecule has 0 spiro atoms. The van der Waals surface area contributed by atoms with Crippen molar-refractivity contribution in [1.82, 2.24) is 14.8 Å². The first-order chi connectivity index (χ1) is 8.00. The monoisotopic (exact) mass is 235 g/mol. The maximum absolute atomic E-state index is 13.6. The molecule has 0 amide bonds. The van der Waals surface area contributed by atoms with Crippen LogP contribution >= 0.6 is 0 Å². The Morgan fingerprint density at radius 2 is 2.12 bits per heavy atom. The summed E-state index contributed by atoms with van der Waals surface area (Å²) in [5.41, 5.74) is -1.03. The molecule has 1 atom stereocenters. The number of hydrogen-bond acceptors (Lipinski definition) is 3. The van der Waals surface area contributed by atoms with Gasteiger partial charge in [-0.25, -0.2) is 9.37 Å². The molecule has 0 fully saturated rings. The van der Waals surface area contributed by atoms with Crippen molar-refractivity contribution in [3.05, 3.63) is 47.8 Å². The highest BCUT2D eigenvalue weighted by molar-refractivity contribution is 5.24. The summed E-state index contributed by atoms with van der Waals surface area (Å²) >= 11 is 0. The van der Waals surface area contributed by atoms with Crippen molar-refractivity contribution < 1.29 is 9.50 Å². The molecular formula is C12H14FN3O. The van der Waals surface area contributed by atoms with Crippen LogP contribution < -0.4 is 0 Å². The van der Waals surface area contributed by atoms with Crippen LogP contribution in [0, 0.1) is 5.82 Å². The summed E-state index contributed by atoms with van der Waals surface area (Å²) in [5.74, 6) is 0.193. The first-order valence-electron chi connectivity index (χ1n) is 5.31. The fourth-order valence-electron chi connectivity index (χ4n) is 1.78. The molecular weight excluding hydrogens is 221 g/mol. The highest BCUT2D eigenvalue weighted by atomic mass is 19.1. The maximum Gasteiger partial charge on any atom is 0.138 e. The van der Waals surface area contributed by atoms with Crippen LogP contribution in [0.2, 0.25) is 0 Å². The molecule has 1 N–H and O–H groups in total. The number of halogens is 1. The fourth-order valence-corrected chi connectivity index (χ4v) is 1.78. The fraction of sp³-hybridized carbons (Fsp3) is 0.333. The predicted molar refractivity (Wildman–Crippen MR) is 60.7 cm³/mol.